The molecular formula is C19H20ClNO3. The van der Waals surface area contributed by atoms with E-state index in [-0.39, 0.29) is 18.7 Å². The Kier molecular flexibility index (Phi) is 5.99. The second-order valence-corrected chi connectivity index (χ2v) is 6.37. The summed E-state index contributed by atoms with van der Waals surface area (Å²) in [7, 11) is 0. The van der Waals surface area contributed by atoms with E-state index in [2.05, 4.69) is 5.32 Å². The van der Waals surface area contributed by atoms with E-state index in [0.717, 1.165) is 22.4 Å². The Morgan fingerprint density at radius 3 is 2.42 bits per heavy atom. The number of carboxylic acids is 1. The Hall–Kier alpha value is -2.33. The first-order chi connectivity index (χ1) is 11.3. The minimum atomic E-state index is -0.985. The lowest BCUT2D eigenvalue weighted by Crippen LogP contribution is -2.24. The van der Waals surface area contributed by atoms with Crippen LogP contribution in [-0.2, 0) is 16.0 Å². The molecule has 0 fully saturated rings. The van der Waals surface area contributed by atoms with Gasteiger partial charge in [0.15, 0.2) is 0 Å². The third-order valence-corrected chi connectivity index (χ3v) is 4.10. The van der Waals surface area contributed by atoms with Gasteiger partial charge in [-0.2, -0.15) is 0 Å². The molecule has 0 aliphatic heterocycles. The van der Waals surface area contributed by atoms with Gasteiger partial charge in [-0.1, -0.05) is 35.9 Å². The van der Waals surface area contributed by atoms with E-state index >= 15 is 0 Å². The molecule has 126 valence electrons. The van der Waals surface area contributed by atoms with Gasteiger partial charge in [0.25, 0.3) is 0 Å². The molecule has 0 bridgehead atoms. The summed E-state index contributed by atoms with van der Waals surface area (Å²) in [6, 6.07) is 12.8. The highest BCUT2D eigenvalue weighted by Gasteiger charge is 2.22. The van der Waals surface area contributed by atoms with Gasteiger partial charge in [0, 0.05) is 17.1 Å². The monoisotopic (exact) mass is 345 g/mol. The number of halogens is 1. The second kappa shape index (κ2) is 7.97. The smallest absolute Gasteiger partial charge is 0.307 e. The summed E-state index contributed by atoms with van der Waals surface area (Å²) >= 11 is 5.83. The number of carbonyl (C=O) groups is 2. The summed E-state index contributed by atoms with van der Waals surface area (Å²) in [6.45, 7) is 3.84. The molecule has 0 aliphatic carbocycles. The number of hydrogen-bond acceptors (Lipinski definition) is 2. The Morgan fingerprint density at radius 1 is 1.12 bits per heavy atom. The van der Waals surface area contributed by atoms with Crippen LogP contribution >= 0.6 is 11.6 Å². The van der Waals surface area contributed by atoms with E-state index in [4.69, 9.17) is 11.6 Å². The van der Waals surface area contributed by atoms with Crippen molar-refractivity contribution in [1.82, 2.24) is 0 Å². The van der Waals surface area contributed by atoms with Crippen LogP contribution in [0.25, 0.3) is 0 Å². The van der Waals surface area contributed by atoms with Crippen molar-refractivity contribution in [2.24, 2.45) is 5.92 Å². The maximum absolute atomic E-state index is 12.2. The van der Waals surface area contributed by atoms with Crippen molar-refractivity contribution in [2.45, 2.75) is 26.7 Å². The number of nitrogens with one attached hydrogen (secondary N) is 1. The Bertz CT molecular complexity index is 741. The number of benzene rings is 2. The minimum absolute atomic E-state index is 0.0780. The number of rotatable bonds is 6. The first-order valence-electron chi connectivity index (χ1n) is 7.69. The largest absolute Gasteiger partial charge is 0.481 e. The zero-order valence-electron chi connectivity index (χ0n) is 13.7. The number of amides is 1. The Labute approximate surface area is 146 Å². The number of hydrogen-bond donors (Lipinski definition) is 2. The molecule has 0 heterocycles. The van der Waals surface area contributed by atoms with Crippen LogP contribution in [0.15, 0.2) is 42.5 Å². The van der Waals surface area contributed by atoms with Crippen LogP contribution in [0.5, 0.6) is 0 Å². The molecule has 2 rings (SSSR count). The molecule has 0 radical (unpaired) electrons. The number of aryl methyl sites for hydroxylation is 2. The first kappa shape index (κ1) is 18.0. The molecular weight excluding hydrogens is 326 g/mol. The highest BCUT2D eigenvalue weighted by atomic mass is 35.5. The molecule has 2 aromatic rings. The summed E-state index contributed by atoms with van der Waals surface area (Å²) in [5.41, 5.74) is 3.53. The van der Waals surface area contributed by atoms with Crippen LogP contribution in [0.1, 0.15) is 23.1 Å². The van der Waals surface area contributed by atoms with Gasteiger partial charge in [-0.25, -0.2) is 0 Å². The topological polar surface area (TPSA) is 66.4 Å². The van der Waals surface area contributed by atoms with Crippen molar-refractivity contribution in [2.75, 3.05) is 5.32 Å². The highest BCUT2D eigenvalue weighted by Crippen LogP contribution is 2.19. The number of carboxylic acid groups (broad SMARTS) is 1. The van der Waals surface area contributed by atoms with Gasteiger partial charge in [0.1, 0.15) is 0 Å². The normalized spacial score (nSPS) is 11.8. The fraction of sp³-hybridized carbons (Fsp3) is 0.263. The molecule has 1 amide bonds. The Morgan fingerprint density at radius 2 is 1.79 bits per heavy atom. The van der Waals surface area contributed by atoms with Crippen molar-refractivity contribution >= 4 is 29.2 Å². The average Bonchev–Trinajstić information content (AvgIpc) is 2.52. The van der Waals surface area contributed by atoms with Crippen molar-refractivity contribution in [3.05, 3.63) is 64.2 Å². The van der Waals surface area contributed by atoms with E-state index < -0.39 is 11.9 Å². The molecule has 0 saturated carbocycles. The van der Waals surface area contributed by atoms with Gasteiger partial charge in [0.2, 0.25) is 5.91 Å². The van der Waals surface area contributed by atoms with E-state index in [1.54, 1.807) is 24.3 Å². The number of aliphatic carboxylic acids is 1. The molecule has 2 aromatic carbocycles. The molecule has 0 spiro atoms. The molecule has 4 nitrogen and oxygen atoms in total. The summed E-state index contributed by atoms with van der Waals surface area (Å²) in [6.07, 6.45) is 0.206. The third-order valence-electron chi connectivity index (χ3n) is 3.84. The molecule has 0 unspecified atom stereocenters. The molecule has 0 saturated heterocycles. The predicted molar refractivity (Wildman–Crippen MR) is 95.4 cm³/mol. The second-order valence-electron chi connectivity index (χ2n) is 5.94. The molecule has 0 aliphatic rings. The Balaban J connectivity index is 2.04. The third kappa shape index (κ3) is 5.10. The van der Waals surface area contributed by atoms with Crippen LogP contribution in [0.3, 0.4) is 0 Å². The average molecular weight is 346 g/mol. The molecule has 0 aromatic heterocycles. The molecule has 2 N–H and O–H groups in total. The summed E-state index contributed by atoms with van der Waals surface area (Å²) in [5, 5.41) is 12.8. The van der Waals surface area contributed by atoms with Gasteiger partial charge in [0.05, 0.1) is 5.92 Å². The number of carbonyl (C=O) groups excluding carboxylic acids is 1. The van der Waals surface area contributed by atoms with Crippen molar-refractivity contribution < 1.29 is 14.7 Å². The van der Waals surface area contributed by atoms with E-state index in [1.165, 1.54) is 0 Å². The zero-order chi connectivity index (χ0) is 17.7. The van der Waals surface area contributed by atoms with E-state index in [1.807, 2.05) is 32.0 Å². The molecule has 1 atom stereocenters. The zero-order valence-corrected chi connectivity index (χ0v) is 14.4. The predicted octanol–water partition coefficient (Wildman–Crippen LogP) is 4.23. The van der Waals surface area contributed by atoms with Crippen molar-refractivity contribution in [3.8, 4) is 0 Å². The SMILES string of the molecule is Cc1ccc(C)c(NC(=O)C[C@H](Cc2ccc(Cl)cc2)C(=O)O)c1. The van der Waals surface area contributed by atoms with Crippen molar-refractivity contribution in [1.29, 1.82) is 0 Å². The van der Waals surface area contributed by atoms with E-state index in [9.17, 15) is 14.7 Å². The lowest BCUT2D eigenvalue weighted by Gasteiger charge is -2.14. The lowest BCUT2D eigenvalue weighted by molar-refractivity contribution is -0.143. The lowest BCUT2D eigenvalue weighted by atomic mass is 9.96. The van der Waals surface area contributed by atoms with E-state index in [0.29, 0.717) is 5.02 Å². The van der Waals surface area contributed by atoms with Crippen LogP contribution < -0.4 is 5.32 Å². The fourth-order valence-corrected chi connectivity index (χ4v) is 2.57. The maximum Gasteiger partial charge on any atom is 0.307 e. The maximum atomic E-state index is 12.2. The standard InChI is InChI=1S/C19H20ClNO3/c1-12-3-4-13(2)17(9-12)21-18(22)11-15(19(23)24)10-14-5-7-16(20)8-6-14/h3-9,15H,10-11H2,1-2H3,(H,21,22)(H,23,24)/t15-/m0/s1. The van der Waals surface area contributed by atoms with Gasteiger partial charge >= 0.3 is 5.97 Å². The first-order valence-corrected chi connectivity index (χ1v) is 8.07. The number of anilines is 1. The minimum Gasteiger partial charge on any atom is -0.481 e. The van der Waals surface area contributed by atoms with Crippen LogP contribution in [0.4, 0.5) is 5.69 Å². The van der Waals surface area contributed by atoms with Gasteiger partial charge in [-0.15, -0.1) is 0 Å². The van der Waals surface area contributed by atoms with Gasteiger partial charge in [-0.05, 0) is 55.2 Å². The van der Waals surface area contributed by atoms with Crippen LogP contribution in [0, 0.1) is 19.8 Å². The summed E-state index contributed by atoms with van der Waals surface area (Å²) in [4.78, 5) is 23.7. The quantitative estimate of drug-likeness (QED) is 0.823. The van der Waals surface area contributed by atoms with Crippen LogP contribution in [0.2, 0.25) is 5.02 Å². The molecule has 5 heteroatoms. The van der Waals surface area contributed by atoms with Crippen LogP contribution in [-0.4, -0.2) is 17.0 Å². The fourth-order valence-electron chi connectivity index (χ4n) is 2.45. The summed E-state index contributed by atoms with van der Waals surface area (Å²) < 4.78 is 0. The van der Waals surface area contributed by atoms with Gasteiger partial charge < -0.3 is 10.4 Å². The van der Waals surface area contributed by atoms with Gasteiger partial charge in [-0.3, -0.25) is 9.59 Å². The van der Waals surface area contributed by atoms with Crippen molar-refractivity contribution in [3.63, 3.8) is 0 Å². The highest BCUT2D eigenvalue weighted by molar-refractivity contribution is 6.30. The summed E-state index contributed by atoms with van der Waals surface area (Å²) in [5.74, 6) is -2.07. The molecule has 24 heavy (non-hydrogen) atoms.